The summed E-state index contributed by atoms with van der Waals surface area (Å²) in [5.74, 6) is -1.25. The van der Waals surface area contributed by atoms with Gasteiger partial charge in [-0.25, -0.2) is 9.59 Å². The van der Waals surface area contributed by atoms with Gasteiger partial charge in [-0.1, -0.05) is 19.9 Å². The molecule has 0 radical (unpaired) electrons. The second kappa shape index (κ2) is 12.7. The van der Waals surface area contributed by atoms with Gasteiger partial charge >= 0.3 is 12.0 Å². The van der Waals surface area contributed by atoms with Crippen molar-refractivity contribution in [2.75, 3.05) is 37.2 Å². The van der Waals surface area contributed by atoms with Gasteiger partial charge in [-0.15, -0.1) is 11.8 Å². The fourth-order valence-electron chi connectivity index (χ4n) is 3.65. The van der Waals surface area contributed by atoms with Crippen molar-refractivity contribution in [1.29, 1.82) is 0 Å². The Morgan fingerprint density at radius 3 is 2.55 bits per heavy atom. The zero-order chi connectivity index (χ0) is 24.5. The van der Waals surface area contributed by atoms with Crippen molar-refractivity contribution < 1.29 is 23.9 Å². The second-order valence-corrected chi connectivity index (χ2v) is 9.69. The van der Waals surface area contributed by atoms with Crippen molar-refractivity contribution in [2.45, 2.75) is 43.3 Å². The van der Waals surface area contributed by atoms with Gasteiger partial charge in [0, 0.05) is 17.1 Å². The summed E-state index contributed by atoms with van der Waals surface area (Å²) >= 11 is 2.92. The minimum atomic E-state index is -0.932. The molecule has 0 aliphatic carbocycles. The topological polar surface area (TPSA) is 117 Å². The number of amides is 4. The van der Waals surface area contributed by atoms with Crippen LogP contribution in [0.2, 0.25) is 0 Å². The summed E-state index contributed by atoms with van der Waals surface area (Å²) in [4.78, 5) is 53.2. The first-order valence-corrected chi connectivity index (χ1v) is 13.2. The molecule has 1 fully saturated rings. The highest BCUT2D eigenvalue weighted by molar-refractivity contribution is 7.99. The molecule has 0 saturated carbocycles. The highest BCUT2D eigenvalue weighted by atomic mass is 32.2. The number of urea groups is 1. The second-order valence-electron chi connectivity index (χ2n) is 7.94. The summed E-state index contributed by atoms with van der Waals surface area (Å²) in [6.07, 6.45) is 4.17. The lowest BCUT2D eigenvalue weighted by atomic mass is 10.0. The average Bonchev–Trinajstić information content (AvgIpc) is 3.20. The van der Waals surface area contributed by atoms with Crippen LogP contribution in [0.15, 0.2) is 29.2 Å². The molecule has 33 heavy (non-hydrogen) atoms. The van der Waals surface area contributed by atoms with Crippen LogP contribution in [0.5, 0.6) is 0 Å². The number of rotatable bonds is 9. The molecule has 3 atom stereocenters. The maximum absolute atomic E-state index is 13.2. The van der Waals surface area contributed by atoms with Crippen LogP contribution in [-0.2, 0) is 19.1 Å². The third kappa shape index (κ3) is 7.29. The summed E-state index contributed by atoms with van der Waals surface area (Å²) in [6, 6.07) is 4.54. The summed E-state index contributed by atoms with van der Waals surface area (Å²) in [7, 11) is 1.26. The summed E-state index contributed by atoms with van der Waals surface area (Å²) in [6.45, 7) is 3.91. The Balaban J connectivity index is 2.18. The molecule has 1 saturated heterocycles. The predicted molar refractivity (Wildman–Crippen MR) is 131 cm³/mol. The van der Waals surface area contributed by atoms with Gasteiger partial charge < -0.3 is 25.6 Å². The standard InChI is InChI=1S/C22H32N4O5S2/c1-13(2)18(21(29)31-3)25-20(28)19-16(9-10-26(19)17(27)12-32-4)24-22(30)23-14-7-6-8-15(11-14)33-5/h6-8,11,13,16,18-19H,9-10,12H2,1-5H3,(H,25,28)(H2,23,24,30)/t16-,18+,19-/m0/s1. The molecule has 4 amide bonds. The molecule has 0 spiro atoms. The average molecular weight is 497 g/mol. The number of carbonyl (C=O) groups is 4. The van der Waals surface area contributed by atoms with Gasteiger partial charge in [0.25, 0.3) is 0 Å². The van der Waals surface area contributed by atoms with Gasteiger partial charge in [0.15, 0.2) is 0 Å². The summed E-state index contributed by atoms with van der Waals surface area (Å²) < 4.78 is 4.81. The van der Waals surface area contributed by atoms with Crippen molar-refractivity contribution >= 4 is 53.0 Å². The summed E-state index contributed by atoms with van der Waals surface area (Å²) in [5, 5.41) is 8.33. The van der Waals surface area contributed by atoms with E-state index >= 15 is 0 Å². The largest absolute Gasteiger partial charge is 0.467 e. The fraction of sp³-hybridized carbons (Fsp3) is 0.545. The number of esters is 1. The molecule has 0 unspecified atom stereocenters. The van der Waals surface area contributed by atoms with Gasteiger partial charge in [-0.2, -0.15) is 11.8 Å². The first-order valence-electron chi connectivity index (χ1n) is 10.6. The van der Waals surface area contributed by atoms with Crippen molar-refractivity contribution in [3.05, 3.63) is 24.3 Å². The number of nitrogens with one attached hydrogen (secondary N) is 3. The van der Waals surface area contributed by atoms with E-state index in [1.807, 2.05) is 24.5 Å². The molecular weight excluding hydrogens is 464 g/mol. The smallest absolute Gasteiger partial charge is 0.328 e. The number of hydrogen-bond acceptors (Lipinski definition) is 7. The molecular formula is C22H32N4O5S2. The van der Waals surface area contributed by atoms with Crippen LogP contribution >= 0.6 is 23.5 Å². The number of likely N-dealkylation sites (tertiary alicyclic amines) is 1. The van der Waals surface area contributed by atoms with Crippen molar-refractivity contribution in [1.82, 2.24) is 15.5 Å². The van der Waals surface area contributed by atoms with Crippen LogP contribution in [-0.4, -0.2) is 78.8 Å². The molecule has 182 valence electrons. The van der Waals surface area contributed by atoms with Crippen LogP contribution in [0.1, 0.15) is 20.3 Å². The Hall–Kier alpha value is -2.40. The normalized spacial score (nSPS) is 18.5. The molecule has 1 aliphatic rings. The van der Waals surface area contributed by atoms with E-state index in [-0.39, 0.29) is 17.6 Å². The van der Waals surface area contributed by atoms with E-state index in [9.17, 15) is 19.2 Å². The minimum absolute atomic E-state index is 0.195. The van der Waals surface area contributed by atoms with Gasteiger partial charge in [0.1, 0.15) is 12.1 Å². The quantitative estimate of drug-likeness (QED) is 0.354. The zero-order valence-corrected chi connectivity index (χ0v) is 21.2. The maximum Gasteiger partial charge on any atom is 0.328 e. The Kier molecular flexibility index (Phi) is 10.4. The van der Waals surface area contributed by atoms with Crippen molar-refractivity contribution in [2.24, 2.45) is 5.92 Å². The first kappa shape index (κ1) is 26.8. The maximum atomic E-state index is 13.2. The lowest BCUT2D eigenvalue weighted by molar-refractivity contribution is -0.147. The zero-order valence-electron chi connectivity index (χ0n) is 19.5. The first-order chi connectivity index (χ1) is 15.7. The number of benzene rings is 1. The number of anilines is 1. The fourth-order valence-corrected chi connectivity index (χ4v) is 4.53. The predicted octanol–water partition coefficient (Wildman–Crippen LogP) is 2.18. The highest BCUT2D eigenvalue weighted by Crippen LogP contribution is 2.22. The molecule has 0 bridgehead atoms. The number of methoxy groups -OCH3 is 1. The molecule has 1 aliphatic heterocycles. The highest BCUT2D eigenvalue weighted by Gasteiger charge is 2.43. The van der Waals surface area contributed by atoms with Crippen LogP contribution in [0.3, 0.4) is 0 Å². The molecule has 3 N–H and O–H groups in total. The van der Waals surface area contributed by atoms with E-state index < -0.39 is 36.0 Å². The summed E-state index contributed by atoms with van der Waals surface area (Å²) in [5.41, 5.74) is 0.624. The number of hydrogen-bond donors (Lipinski definition) is 3. The van der Waals surface area contributed by atoms with E-state index in [1.54, 1.807) is 37.9 Å². The number of carbonyl (C=O) groups excluding carboxylic acids is 4. The van der Waals surface area contributed by atoms with E-state index in [0.29, 0.717) is 18.7 Å². The molecule has 0 aromatic heterocycles. The SMILES string of the molecule is COC(=O)[C@H](NC(=O)[C@@H]1[C@@H](NC(=O)Nc2cccc(SC)c2)CCN1C(=O)CSC)C(C)C. The Morgan fingerprint density at radius 1 is 1.21 bits per heavy atom. The van der Waals surface area contributed by atoms with Gasteiger partial charge in [-0.05, 0) is 43.0 Å². The Morgan fingerprint density at radius 2 is 1.94 bits per heavy atom. The lowest BCUT2D eigenvalue weighted by Crippen LogP contribution is -2.58. The Bertz CT molecular complexity index is 867. The van der Waals surface area contributed by atoms with E-state index in [1.165, 1.54) is 23.8 Å². The van der Waals surface area contributed by atoms with Crippen molar-refractivity contribution in [3.63, 3.8) is 0 Å². The van der Waals surface area contributed by atoms with Gasteiger partial charge in [0.2, 0.25) is 11.8 Å². The molecule has 11 heteroatoms. The minimum Gasteiger partial charge on any atom is -0.467 e. The monoisotopic (exact) mass is 496 g/mol. The lowest BCUT2D eigenvalue weighted by Gasteiger charge is -2.30. The van der Waals surface area contributed by atoms with Gasteiger partial charge in [-0.3, -0.25) is 9.59 Å². The third-order valence-electron chi connectivity index (χ3n) is 5.32. The molecule has 1 aromatic rings. The molecule has 1 aromatic carbocycles. The van der Waals surface area contributed by atoms with Gasteiger partial charge in [0.05, 0.1) is 18.9 Å². The van der Waals surface area contributed by atoms with Crippen molar-refractivity contribution in [3.8, 4) is 0 Å². The van der Waals surface area contributed by atoms with E-state index in [0.717, 1.165) is 4.90 Å². The molecule has 1 heterocycles. The van der Waals surface area contributed by atoms with Crippen LogP contribution < -0.4 is 16.0 Å². The molecule has 2 rings (SSSR count). The number of thioether (sulfide) groups is 2. The van der Waals surface area contributed by atoms with E-state index in [2.05, 4.69) is 16.0 Å². The third-order valence-corrected chi connectivity index (χ3v) is 6.58. The van der Waals surface area contributed by atoms with Crippen LogP contribution in [0.25, 0.3) is 0 Å². The Labute approximate surface area is 203 Å². The molecule has 9 nitrogen and oxygen atoms in total. The van der Waals surface area contributed by atoms with Crippen LogP contribution in [0, 0.1) is 5.92 Å². The number of ether oxygens (including phenoxy) is 1. The van der Waals surface area contributed by atoms with E-state index in [4.69, 9.17) is 4.74 Å². The number of nitrogens with zero attached hydrogens (tertiary/aromatic N) is 1. The van der Waals surface area contributed by atoms with Crippen LogP contribution in [0.4, 0.5) is 10.5 Å².